The Hall–Kier alpha value is -2.92. The molecule has 4 nitrogen and oxygen atoms in total. The zero-order valence-electron chi connectivity index (χ0n) is 15.1. The second-order valence-electron chi connectivity index (χ2n) is 6.89. The maximum atomic E-state index is 14.4. The van der Waals surface area contributed by atoms with Gasteiger partial charge in [-0.2, -0.15) is 0 Å². The van der Waals surface area contributed by atoms with Gasteiger partial charge in [0.25, 0.3) is 0 Å². The van der Waals surface area contributed by atoms with E-state index in [1.54, 1.807) is 18.3 Å². The minimum Gasteiger partial charge on any atom is -0.384 e. The molecule has 0 amide bonds. The lowest BCUT2D eigenvalue weighted by Gasteiger charge is -2.36. The number of nitrogens with one attached hydrogen (secondary N) is 1. The van der Waals surface area contributed by atoms with Gasteiger partial charge in [0.2, 0.25) is 0 Å². The van der Waals surface area contributed by atoms with E-state index in [4.69, 9.17) is 5.73 Å². The molecule has 1 saturated heterocycles. The molecule has 138 valence electrons. The Morgan fingerprint density at radius 1 is 1.07 bits per heavy atom. The van der Waals surface area contributed by atoms with Crippen LogP contribution in [0.15, 0.2) is 66.9 Å². The van der Waals surface area contributed by atoms with Gasteiger partial charge in [-0.3, -0.25) is 0 Å². The first-order valence-corrected chi connectivity index (χ1v) is 9.23. The third-order valence-corrected chi connectivity index (χ3v) is 4.99. The van der Waals surface area contributed by atoms with Crippen LogP contribution in [0.5, 0.6) is 0 Å². The molecule has 0 bridgehead atoms. The Kier molecular flexibility index (Phi) is 5.03. The number of nitrogens with zero attached hydrogens (tertiary/aromatic N) is 2. The van der Waals surface area contributed by atoms with Gasteiger partial charge in [0.15, 0.2) is 0 Å². The first kappa shape index (κ1) is 17.5. The van der Waals surface area contributed by atoms with Crippen LogP contribution < -0.4 is 16.0 Å². The third kappa shape index (κ3) is 3.93. The molecule has 1 atom stereocenters. The van der Waals surface area contributed by atoms with Crippen LogP contribution >= 0.6 is 0 Å². The average Bonchev–Trinajstić information content (AvgIpc) is 2.70. The summed E-state index contributed by atoms with van der Waals surface area (Å²) < 4.78 is 14.4. The van der Waals surface area contributed by atoms with Crippen molar-refractivity contribution < 1.29 is 4.39 Å². The fourth-order valence-electron chi connectivity index (χ4n) is 3.69. The van der Waals surface area contributed by atoms with Gasteiger partial charge in [-0.05, 0) is 18.1 Å². The normalized spacial score (nSPS) is 17.1. The van der Waals surface area contributed by atoms with E-state index in [0.29, 0.717) is 17.4 Å². The molecule has 1 aromatic heterocycles. The Bertz CT molecular complexity index is 913. The molecule has 5 heteroatoms. The van der Waals surface area contributed by atoms with Gasteiger partial charge in [0.05, 0.1) is 5.69 Å². The molecule has 4 rings (SSSR count). The second kappa shape index (κ2) is 7.76. The second-order valence-corrected chi connectivity index (χ2v) is 6.89. The van der Waals surface area contributed by atoms with Crippen LogP contribution in [-0.4, -0.2) is 30.7 Å². The molecule has 1 aliphatic rings. The maximum Gasteiger partial charge on any atom is 0.131 e. The van der Waals surface area contributed by atoms with Crippen molar-refractivity contribution in [3.8, 4) is 11.1 Å². The molecule has 0 spiro atoms. The maximum absolute atomic E-state index is 14.4. The van der Waals surface area contributed by atoms with Gasteiger partial charge < -0.3 is 16.0 Å². The van der Waals surface area contributed by atoms with Crippen LogP contribution in [0.1, 0.15) is 5.56 Å². The summed E-state index contributed by atoms with van der Waals surface area (Å²) in [5, 5.41) is 3.59. The van der Waals surface area contributed by atoms with E-state index >= 15 is 0 Å². The predicted molar refractivity (Wildman–Crippen MR) is 108 cm³/mol. The smallest absolute Gasteiger partial charge is 0.131 e. The number of benzene rings is 2. The molecule has 1 aliphatic heterocycles. The topological polar surface area (TPSA) is 54.2 Å². The van der Waals surface area contributed by atoms with Gasteiger partial charge >= 0.3 is 0 Å². The largest absolute Gasteiger partial charge is 0.384 e. The number of nitrogen functional groups attached to an aromatic ring is 1. The molecule has 0 aliphatic carbocycles. The van der Waals surface area contributed by atoms with Crippen molar-refractivity contribution in [2.75, 3.05) is 30.3 Å². The van der Waals surface area contributed by atoms with E-state index < -0.39 is 0 Å². The molecule has 27 heavy (non-hydrogen) atoms. The number of rotatable bonds is 4. The van der Waals surface area contributed by atoms with Gasteiger partial charge in [-0.25, -0.2) is 9.37 Å². The Morgan fingerprint density at radius 3 is 2.67 bits per heavy atom. The first-order valence-electron chi connectivity index (χ1n) is 9.23. The number of nitrogens with two attached hydrogens (primary N) is 1. The van der Waals surface area contributed by atoms with Crippen molar-refractivity contribution in [1.82, 2.24) is 10.3 Å². The molecule has 1 unspecified atom stereocenters. The van der Waals surface area contributed by atoms with Crippen molar-refractivity contribution in [3.05, 3.63) is 78.2 Å². The summed E-state index contributed by atoms with van der Waals surface area (Å²) in [6.07, 6.45) is 2.63. The molecule has 2 aromatic carbocycles. The van der Waals surface area contributed by atoms with Crippen LogP contribution in [0.4, 0.5) is 15.9 Å². The summed E-state index contributed by atoms with van der Waals surface area (Å²) in [7, 11) is 0. The summed E-state index contributed by atoms with van der Waals surface area (Å²) in [5.74, 6) is 0.199. The number of halogens is 1. The van der Waals surface area contributed by atoms with E-state index in [9.17, 15) is 4.39 Å². The van der Waals surface area contributed by atoms with Crippen LogP contribution in [0.3, 0.4) is 0 Å². The molecule has 0 saturated carbocycles. The lowest BCUT2D eigenvalue weighted by molar-refractivity contribution is 0.455. The number of pyridine rings is 1. The van der Waals surface area contributed by atoms with E-state index in [2.05, 4.69) is 39.5 Å². The highest BCUT2D eigenvalue weighted by atomic mass is 19.1. The molecule has 3 N–H and O–H groups in total. The predicted octanol–water partition coefficient (Wildman–Crippen LogP) is 3.49. The zero-order valence-corrected chi connectivity index (χ0v) is 15.1. The summed E-state index contributed by atoms with van der Waals surface area (Å²) in [5.41, 5.74) is 9.54. The Morgan fingerprint density at radius 2 is 1.85 bits per heavy atom. The average molecular weight is 362 g/mol. The highest BCUT2D eigenvalue weighted by Gasteiger charge is 2.23. The van der Waals surface area contributed by atoms with Gasteiger partial charge in [-0.15, -0.1) is 0 Å². The summed E-state index contributed by atoms with van der Waals surface area (Å²) in [4.78, 5) is 6.49. The van der Waals surface area contributed by atoms with Gasteiger partial charge in [0, 0.05) is 49.1 Å². The van der Waals surface area contributed by atoms with Gasteiger partial charge in [-0.1, -0.05) is 48.5 Å². The summed E-state index contributed by atoms with van der Waals surface area (Å²) in [6, 6.07) is 19.4. The van der Waals surface area contributed by atoms with Crippen molar-refractivity contribution in [1.29, 1.82) is 0 Å². The lowest BCUT2D eigenvalue weighted by atomic mass is 10.0. The highest BCUT2D eigenvalue weighted by Crippen LogP contribution is 2.33. The molecular formula is C22H23FN4. The molecular weight excluding hydrogens is 339 g/mol. The minimum absolute atomic E-state index is 0.249. The molecule has 0 radical (unpaired) electrons. The SMILES string of the molecule is Nc1cc(N2CCNC(Cc3ccccc3)C2)c(-c2ccccc2F)cn1. The van der Waals surface area contributed by atoms with Crippen molar-refractivity contribution in [2.45, 2.75) is 12.5 Å². The van der Waals surface area contributed by atoms with Gasteiger partial charge in [0.1, 0.15) is 11.6 Å². The van der Waals surface area contributed by atoms with Crippen LogP contribution in [0.2, 0.25) is 0 Å². The number of hydrogen-bond acceptors (Lipinski definition) is 4. The number of piperazine rings is 1. The van der Waals surface area contributed by atoms with E-state index in [1.165, 1.54) is 11.6 Å². The van der Waals surface area contributed by atoms with Crippen LogP contribution in [0, 0.1) is 5.82 Å². The third-order valence-electron chi connectivity index (χ3n) is 4.99. The Labute approximate surface area is 158 Å². The van der Waals surface area contributed by atoms with E-state index in [1.807, 2.05) is 18.2 Å². The van der Waals surface area contributed by atoms with Crippen molar-refractivity contribution in [2.24, 2.45) is 0 Å². The van der Waals surface area contributed by atoms with Crippen molar-refractivity contribution >= 4 is 11.5 Å². The number of anilines is 2. The molecule has 2 heterocycles. The number of hydrogen-bond donors (Lipinski definition) is 2. The quantitative estimate of drug-likeness (QED) is 0.746. The molecule has 3 aromatic rings. The monoisotopic (exact) mass is 362 g/mol. The highest BCUT2D eigenvalue weighted by molar-refractivity contribution is 5.80. The fraction of sp³-hybridized carbons (Fsp3) is 0.227. The zero-order chi connectivity index (χ0) is 18.6. The fourth-order valence-corrected chi connectivity index (χ4v) is 3.69. The summed E-state index contributed by atoms with van der Waals surface area (Å²) >= 11 is 0. The standard InChI is InChI=1S/C22H23FN4/c23-20-9-5-4-8-18(20)19-14-26-22(24)13-21(19)27-11-10-25-17(15-27)12-16-6-2-1-3-7-16/h1-9,13-14,17,25H,10-12,15H2,(H2,24,26). The minimum atomic E-state index is -0.249. The van der Waals surface area contributed by atoms with E-state index in [-0.39, 0.29) is 5.82 Å². The lowest BCUT2D eigenvalue weighted by Crippen LogP contribution is -2.51. The Balaban J connectivity index is 1.62. The molecule has 1 fully saturated rings. The van der Waals surface area contributed by atoms with E-state index in [0.717, 1.165) is 37.3 Å². The first-order chi connectivity index (χ1) is 13.2. The number of aromatic nitrogens is 1. The summed E-state index contributed by atoms with van der Waals surface area (Å²) in [6.45, 7) is 2.55. The van der Waals surface area contributed by atoms with Crippen molar-refractivity contribution in [3.63, 3.8) is 0 Å². The van der Waals surface area contributed by atoms with Crippen LogP contribution in [-0.2, 0) is 6.42 Å². The van der Waals surface area contributed by atoms with Crippen LogP contribution in [0.25, 0.3) is 11.1 Å².